The zero-order valence-electron chi connectivity index (χ0n) is 21.0. The van der Waals surface area contributed by atoms with E-state index in [1.54, 1.807) is 0 Å². The Morgan fingerprint density at radius 3 is 2.17 bits per heavy atom. The molecule has 0 aromatic heterocycles. The van der Waals surface area contributed by atoms with E-state index in [-0.39, 0.29) is 5.79 Å². The van der Waals surface area contributed by atoms with E-state index in [9.17, 15) is 0 Å². The molecule has 0 radical (unpaired) electrons. The van der Waals surface area contributed by atoms with Crippen LogP contribution in [0.2, 0.25) is 0 Å². The average Bonchev–Trinajstić information content (AvgIpc) is 3.36. The summed E-state index contributed by atoms with van der Waals surface area (Å²) in [4.78, 5) is 0. The highest BCUT2D eigenvalue weighted by molar-refractivity contribution is 6.07. The van der Waals surface area contributed by atoms with Crippen LogP contribution in [0, 0.1) is 11.8 Å². The first-order chi connectivity index (χ1) is 17.5. The third-order valence-electron chi connectivity index (χ3n) is 9.82. The predicted octanol–water partition coefficient (Wildman–Crippen LogP) is 5.73. The van der Waals surface area contributed by atoms with Crippen molar-refractivity contribution in [3.63, 3.8) is 0 Å². The molecule has 0 unspecified atom stereocenters. The van der Waals surface area contributed by atoms with E-state index in [0.29, 0.717) is 5.92 Å². The van der Waals surface area contributed by atoms with Crippen molar-refractivity contribution in [1.82, 2.24) is 0 Å². The third-order valence-corrected chi connectivity index (χ3v) is 9.82. The summed E-state index contributed by atoms with van der Waals surface area (Å²) in [5, 5.41) is 2.11. The van der Waals surface area contributed by atoms with Crippen molar-refractivity contribution in [3.05, 3.63) is 65.2 Å². The van der Waals surface area contributed by atoms with E-state index in [1.807, 2.05) is 12.1 Å². The van der Waals surface area contributed by atoms with Gasteiger partial charge >= 0.3 is 0 Å². The van der Waals surface area contributed by atoms with Crippen LogP contribution in [-0.2, 0) is 15.1 Å². The number of hydrogen-bond donors (Lipinski definition) is 3. The Balaban J connectivity index is 1.12. The molecular formula is C31H37N3O2. The summed E-state index contributed by atoms with van der Waals surface area (Å²) in [5.74, 6) is 1.97. The maximum atomic E-state index is 6.89. The van der Waals surface area contributed by atoms with Crippen molar-refractivity contribution in [2.75, 3.05) is 18.9 Å². The molecule has 3 aliphatic carbocycles. The van der Waals surface area contributed by atoms with Gasteiger partial charge in [-0.3, -0.25) is 0 Å². The van der Waals surface area contributed by atoms with Gasteiger partial charge in [-0.05, 0) is 95.5 Å². The van der Waals surface area contributed by atoms with Gasteiger partial charge in [-0.25, -0.2) is 0 Å². The van der Waals surface area contributed by atoms with Gasteiger partial charge in [0.1, 0.15) is 5.66 Å². The zero-order valence-corrected chi connectivity index (χ0v) is 21.0. The van der Waals surface area contributed by atoms with E-state index in [2.05, 4.69) is 36.4 Å². The molecule has 0 bridgehead atoms. The fraction of sp³-hybridized carbons (Fsp3) is 0.484. The average molecular weight is 484 g/mol. The van der Waals surface area contributed by atoms with Gasteiger partial charge < -0.3 is 26.7 Å². The van der Waals surface area contributed by atoms with Crippen LogP contribution in [0.15, 0.2) is 48.5 Å². The van der Waals surface area contributed by atoms with Crippen molar-refractivity contribution in [1.29, 1.82) is 0 Å². The summed E-state index contributed by atoms with van der Waals surface area (Å²) in [7, 11) is 0. The molecule has 1 saturated heterocycles. The van der Waals surface area contributed by atoms with Crippen molar-refractivity contribution in [2.45, 2.75) is 68.7 Å². The topological polar surface area (TPSA) is 96.5 Å². The molecule has 4 aliphatic rings. The number of fused-ring (bicyclic) bond motifs is 2. The van der Waals surface area contributed by atoms with Crippen LogP contribution in [0.4, 0.5) is 5.69 Å². The predicted molar refractivity (Wildman–Crippen MR) is 144 cm³/mol. The van der Waals surface area contributed by atoms with E-state index in [4.69, 9.17) is 26.7 Å². The van der Waals surface area contributed by atoms with Gasteiger partial charge in [0.15, 0.2) is 5.79 Å². The SMILES string of the molecule is Nc1ccc2c3c(cccc13)C(N)(N)c1cc(C3CCC(C4CCC5(CC4)OCCO5)CC3)ccc1-2. The zero-order chi connectivity index (χ0) is 24.5. The molecule has 188 valence electrons. The molecule has 1 aliphatic heterocycles. The molecule has 5 nitrogen and oxygen atoms in total. The first-order valence-corrected chi connectivity index (χ1v) is 13.8. The van der Waals surface area contributed by atoms with Crippen LogP contribution in [0.1, 0.15) is 74.0 Å². The minimum absolute atomic E-state index is 0.248. The van der Waals surface area contributed by atoms with Gasteiger partial charge in [-0.15, -0.1) is 0 Å². The molecule has 1 heterocycles. The number of nitrogens with two attached hydrogens (primary N) is 3. The standard InChI is InChI=1S/C31H37N3O2/c32-28-11-10-24-23-9-8-22(18-27(23)31(33,34)26-3-1-2-25(28)29(24)26)20-6-4-19(5-7-20)21-12-14-30(15-13-21)35-16-17-36-30/h1-3,8-11,18-21H,4-7,12-17,32-34H2. The minimum Gasteiger partial charge on any atom is -0.398 e. The first-order valence-electron chi connectivity index (χ1n) is 13.8. The molecular weight excluding hydrogens is 446 g/mol. The highest BCUT2D eigenvalue weighted by atomic mass is 16.7. The molecule has 5 heteroatoms. The highest BCUT2D eigenvalue weighted by Gasteiger charge is 2.42. The Hall–Kier alpha value is -2.44. The third kappa shape index (κ3) is 3.44. The van der Waals surface area contributed by atoms with E-state index >= 15 is 0 Å². The lowest BCUT2D eigenvalue weighted by Gasteiger charge is -2.41. The lowest BCUT2D eigenvalue weighted by atomic mass is 9.68. The lowest BCUT2D eigenvalue weighted by Crippen LogP contribution is -2.48. The van der Waals surface area contributed by atoms with Crippen LogP contribution in [0.3, 0.4) is 0 Å². The summed E-state index contributed by atoms with van der Waals surface area (Å²) in [5.41, 5.74) is 25.5. The van der Waals surface area contributed by atoms with Gasteiger partial charge in [-0.1, -0.05) is 42.5 Å². The molecule has 2 saturated carbocycles. The van der Waals surface area contributed by atoms with Gasteiger partial charge in [0.2, 0.25) is 0 Å². The summed E-state index contributed by atoms with van der Waals surface area (Å²) in [6.45, 7) is 1.52. The highest BCUT2D eigenvalue weighted by Crippen LogP contribution is 2.49. The van der Waals surface area contributed by atoms with Gasteiger partial charge in [0.05, 0.1) is 13.2 Å². The normalized spacial score (nSPS) is 26.8. The second-order valence-electron chi connectivity index (χ2n) is 11.7. The van der Waals surface area contributed by atoms with E-state index < -0.39 is 5.66 Å². The number of nitrogen functional groups attached to an aromatic ring is 1. The van der Waals surface area contributed by atoms with Crippen LogP contribution in [0.25, 0.3) is 21.9 Å². The maximum absolute atomic E-state index is 6.89. The van der Waals surface area contributed by atoms with Gasteiger partial charge in [0.25, 0.3) is 0 Å². The van der Waals surface area contributed by atoms with Crippen LogP contribution in [-0.4, -0.2) is 19.0 Å². The lowest BCUT2D eigenvalue weighted by molar-refractivity contribution is -0.185. The quantitative estimate of drug-likeness (QED) is 0.320. The smallest absolute Gasteiger partial charge is 0.168 e. The Morgan fingerprint density at radius 2 is 1.42 bits per heavy atom. The molecule has 3 aromatic rings. The molecule has 3 fully saturated rings. The Kier molecular flexibility index (Phi) is 5.23. The van der Waals surface area contributed by atoms with Gasteiger partial charge in [-0.2, -0.15) is 0 Å². The maximum Gasteiger partial charge on any atom is 0.168 e. The summed E-state index contributed by atoms with van der Waals surface area (Å²) in [6.07, 6.45) is 9.71. The monoisotopic (exact) mass is 483 g/mol. The van der Waals surface area contributed by atoms with E-state index in [1.165, 1.54) is 49.7 Å². The Labute approximate surface area is 213 Å². The van der Waals surface area contributed by atoms with Crippen molar-refractivity contribution < 1.29 is 9.47 Å². The fourth-order valence-corrected chi connectivity index (χ4v) is 7.80. The number of benzene rings is 3. The van der Waals surface area contributed by atoms with E-state index in [0.717, 1.165) is 71.0 Å². The van der Waals surface area contributed by atoms with Crippen LogP contribution >= 0.6 is 0 Å². The Bertz CT molecular complexity index is 1310. The van der Waals surface area contributed by atoms with Crippen molar-refractivity contribution in [2.24, 2.45) is 23.3 Å². The first kappa shape index (κ1) is 22.7. The molecule has 6 N–H and O–H groups in total. The number of anilines is 1. The second-order valence-corrected chi connectivity index (χ2v) is 11.7. The van der Waals surface area contributed by atoms with Crippen LogP contribution in [0.5, 0.6) is 0 Å². The molecule has 0 amide bonds. The number of rotatable bonds is 2. The number of ether oxygens (including phenoxy) is 2. The Morgan fingerprint density at radius 1 is 0.722 bits per heavy atom. The molecule has 7 rings (SSSR count). The molecule has 36 heavy (non-hydrogen) atoms. The largest absolute Gasteiger partial charge is 0.398 e. The van der Waals surface area contributed by atoms with Crippen LogP contribution < -0.4 is 17.2 Å². The molecule has 0 atom stereocenters. The summed E-state index contributed by atoms with van der Waals surface area (Å²) < 4.78 is 11.9. The fourth-order valence-electron chi connectivity index (χ4n) is 7.80. The minimum atomic E-state index is -1.04. The van der Waals surface area contributed by atoms with Crippen molar-refractivity contribution in [3.8, 4) is 11.1 Å². The van der Waals surface area contributed by atoms with Gasteiger partial charge in [0, 0.05) is 23.9 Å². The second kappa shape index (κ2) is 8.29. The number of hydrogen-bond acceptors (Lipinski definition) is 5. The summed E-state index contributed by atoms with van der Waals surface area (Å²) >= 11 is 0. The summed E-state index contributed by atoms with van der Waals surface area (Å²) in [6, 6.07) is 17.1. The van der Waals surface area contributed by atoms with Crippen molar-refractivity contribution >= 4 is 16.5 Å². The molecule has 1 spiro atoms. The molecule has 3 aromatic carbocycles.